The molecule has 0 spiro atoms. The van der Waals surface area contributed by atoms with E-state index in [2.05, 4.69) is 28.2 Å². The van der Waals surface area contributed by atoms with E-state index >= 15 is 0 Å². The Bertz CT molecular complexity index is 832. The Morgan fingerprint density at radius 2 is 1.90 bits per heavy atom. The summed E-state index contributed by atoms with van der Waals surface area (Å²) in [5.41, 5.74) is 2.06. The first kappa shape index (κ1) is 24.8. The Labute approximate surface area is 196 Å². The molecule has 0 radical (unpaired) electrons. The first-order valence-corrected chi connectivity index (χ1v) is 12.4. The van der Waals surface area contributed by atoms with Crippen molar-refractivity contribution in [1.29, 1.82) is 0 Å². The quantitative estimate of drug-likeness (QED) is 0.396. The standard InChI is InChI=1S/C23H28BrClN2O2S/c1-3-4-12-26-23(29)17(2)27(14-19-6-5-7-21(25)13-19)22(28)16-30-15-18-8-10-20(24)11-9-18/h5-11,13,17H,3-4,12,14-16H2,1-2H3,(H,26,29). The minimum atomic E-state index is -0.554. The second kappa shape index (κ2) is 13.0. The van der Waals surface area contributed by atoms with E-state index in [1.165, 1.54) is 0 Å². The molecule has 2 aromatic rings. The molecule has 2 aromatic carbocycles. The number of hydrogen-bond donors (Lipinski definition) is 1. The molecule has 2 rings (SSSR count). The topological polar surface area (TPSA) is 49.4 Å². The van der Waals surface area contributed by atoms with Crippen LogP contribution >= 0.6 is 39.3 Å². The number of rotatable bonds is 11. The van der Waals surface area contributed by atoms with Crippen molar-refractivity contribution in [1.82, 2.24) is 10.2 Å². The van der Waals surface area contributed by atoms with Gasteiger partial charge in [-0.05, 0) is 48.7 Å². The van der Waals surface area contributed by atoms with Crippen molar-refractivity contribution in [3.8, 4) is 0 Å². The fourth-order valence-corrected chi connectivity index (χ4v) is 4.22. The number of hydrogen-bond acceptors (Lipinski definition) is 3. The number of thioether (sulfide) groups is 1. The highest BCUT2D eigenvalue weighted by Gasteiger charge is 2.25. The van der Waals surface area contributed by atoms with Crippen LogP contribution in [0.25, 0.3) is 0 Å². The van der Waals surface area contributed by atoms with Crippen LogP contribution in [0.5, 0.6) is 0 Å². The lowest BCUT2D eigenvalue weighted by molar-refractivity contribution is -0.138. The van der Waals surface area contributed by atoms with Crippen molar-refractivity contribution in [2.75, 3.05) is 12.3 Å². The average Bonchev–Trinajstić information content (AvgIpc) is 2.73. The maximum absolute atomic E-state index is 13.0. The molecule has 1 unspecified atom stereocenters. The predicted octanol–water partition coefficient (Wildman–Crippen LogP) is 5.67. The predicted molar refractivity (Wildman–Crippen MR) is 130 cm³/mol. The summed E-state index contributed by atoms with van der Waals surface area (Å²) in [6.45, 7) is 4.83. The molecule has 7 heteroatoms. The summed E-state index contributed by atoms with van der Waals surface area (Å²) in [7, 11) is 0. The highest BCUT2D eigenvalue weighted by Crippen LogP contribution is 2.19. The van der Waals surface area contributed by atoms with Gasteiger partial charge in [-0.1, -0.05) is 65.1 Å². The molecule has 0 saturated heterocycles. The summed E-state index contributed by atoms with van der Waals surface area (Å²) in [5.74, 6) is 0.858. The second-order valence-electron chi connectivity index (χ2n) is 7.09. The lowest BCUT2D eigenvalue weighted by atomic mass is 10.1. The van der Waals surface area contributed by atoms with Gasteiger partial charge in [-0.25, -0.2) is 0 Å². The van der Waals surface area contributed by atoms with Crippen LogP contribution < -0.4 is 5.32 Å². The molecule has 0 aliphatic heterocycles. The van der Waals surface area contributed by atoms with Crippen molar-refractivity contribution >= 4 is 51.1 Å². The van der Waals surface area contributed by atoms with Crippen LogP contribution in [-0.2, 0) is 21.9 Å². The maximum Gasteiger partial charge on any atom is 0.242 e. The number of nitrogens with one attached hydrogen (secondary N) is 1. The highest BCUT2D eigenvalue weighted by atomic mass is 79.9. The van der Waals surface area contributed by atoms with Gasteiger partial charge >= 0.3 is 0 Å². The van der Waals surface area contributed by atoms with Crippen molar-refractivity contribution in [3.63, 3.8) is 0 Å². The number of carbonyl (C=O) groups excluding carboxylic acids is 2. The molecule has 0 bridgehead atoms. The number of nitrogens with zero attached hydrogens (tertiary/aromatic N) is 1. The molecule has 30 heavy (non-hydrogen) atoms. The van der Waals surface area contributed by atoms with E-state index in [-0.39, 0.29) is 11.8 Å². The SMILES string of the molecule is CCCCNC(=O)C(C)N(Cc1cccc(Cl)c1)C(=O)CSCc1ccc(Br)cc1. The van der Waals surface area contributed by atoms with E-state index < -0.39 is 6.04 Å². The number of amides is 2. The number of carbonyl (C=O) groups is 2. The summed E-state index contributed by atoms with van der Waals surface area (Å²) in [5, 5.41) is 3.55. The monoisotopic (exact) mass is 510 g/mol. The third kappa shape index (κ3) is 8.32. The van der Waals surface area contributed by atoms with Crippen LogP contribution in [0.2, 0.25) is 5.02 Å². The molecule has 0 aliphatic rings. The number of unbranched alkanes of at least 4 members (excludes halogenated alkanes) is 1. The molecule has 0 heterocycles. The minimum Gasteiger partial charge on any atom is -0.354 e. The molecule has 1 atom stereocenters. The number of halogens is 2. The summed E-state index contributed by atoms with van der Waals surface area (Å²) >= 11 is 11.1. The van der Waals surface area contributed by atoms with Gasteiger partial charge in [0.2, 0.25) is 11.8 Å². The second-order valence-corrected chi connectivity index (χ2v) is 9.43. The summed E-state index contributed by atoms with van der Waals surface area (Å²) in [4.78, 5) is 27.3. The zero-order chi connectivity index (χ0) is 21.9. The molecule has 0 aromatic heterocycles. The van der Waals surface area contributed by atoms with Crippen LogP contribution in [-0.4, -0.2) is 35.1 Å². The van der Waals surface area contributed by atoms with Crippen molar-refractivity contribution in [2.24, 2.45) is 0 Å². The van der Waals surface area contributed by atoms with Crippen molar-refractivity contribution in [2.45, 2.75) is 45.0 Å². The van der Waals surface area contributed by atoms with Crippen LogP contribution in [0.1, 0.15) is 37.8 Å². The van der Waals surface area contributed by atoms with Gasteiger partial charge in [0.15, 0.2) is 0 Å². The molecule has 0 aliphatic carbocycles. The van der Waals surface area contributed by atoms with Gasteiger partial charge < -0.3 is 10.2 Å². The van der Waals surface area contributed by atoms with E-state index in [9.17, 15) is 9.59 Å². The molecule has 2 amide bonds. The Morgan fingerprint density at radius 3 is 2.57 bits per heavy atom. The smallest absolute Gasteiger partial charge is 0.242 e. The summed E-state index contributed by atoms with van der Waals surface area (Å²) < 4.78 is 1.03. The minimum absolute atomic E-state index is 0.0600. The van der Waals surface area contributed by atoms with Gasteiger partial charge in [0, 0.05) is 28.3 Å². The molecular weight excluding hydrogens is 484 g/mol. The Hall–Kier alpha value is -1.50. The molecule has 162 valence electrons. The van der Waals surface area contributed by atoms with Crippen LogP contribution in [0, 0.1) is 0 Å². The van der Waals surface area contributed by atoms with E-state index in [4.69, 9.17) is 11.6 Å². The van der Waals surface area contributed by atoms with E-state index in [0.717, 1.165) is 34.2 Å². The summed E-state index contributed by atoms with van der Waals surface area (Å²) in [6, 6.07) is 14.9. The normalized spacial score (nSPS) is 11.7. The number of benzene rings is 2. The summed E-state index contributed by atoms with van der Waals surface area (Å²) in [6.07, 6.45) is 1.93. The maximum atomic E-state index is 13.0. The van der Waals surface area contributed by atoms with Gasteiger partial charge in [-0.15, -0.1) is 11.8 Å². The lowest BCUT2D eigenvalue weighted by Crippen LogP contribution is -2.48. The van der Waals surface area contributed by atoms with E-state index in [0.29, 0.717) is 23.9 Å². The first-order valence-electron chi connectivity index (χ1n) is 10.0. The fraction of sp³-hybridized carbons (Fsp3) is 0.391. The van der Waals surface area contributed by atoms with Gasteiger partial charge in [0.1, 0.15) is 6.04 Å². The zero-order valence-electron chi connectivity index (χ0n) is 17.4. The molecule has 1 N–H and O–H groups in total. The highest BCUT2D eigenvalue weighted by molar-refractivity contribution is 9.10. The van der Waals surface area contributed by atoms with Gasteiger partial charge in [-0.2, -0.15) is 0 Å². The van der Waals surface area contributed by atoms with Gasteiger partial charge in [0.05, 0.1) is 5.75 Å². The third-order valence-corrected chi connectivity index (χ3v) is 6.40. The average molecular weight is 512 g/mol. The van der Waals surface area contributed by atoms with Crippen LogP contribution in [0.4, 0.5) is 0 Å². The Balaban J connectivity index is 2.03. The Morgan fingerprint density at radius 1 is 1.17 bits per heavy atom. The van der Waals surface area contributed by atoms with Crippen LogP contribution in [0.3, 0.4) is 0 Å². The largest absolute Gasteiger partial charge is 0.354 e. The molecule has 4 nitrogen and oxygen atoms in total. The van der Waals surface area contributed by atoms with Gasteiger partial charge in [0.25, 0.3) is 0 Å². The fourth-order valence-electron chi connectivity index (χ4n) is 2.87. The lowest BCUT2D eigenvalue weighted by Gasteiger charge is -2.29. The van der Waals surface area contributed by atoms with Gasteiger partial charge in [-0.3, -0.25) is 9.59 Å². The molecule has 0 saturated carbocycles. The third-order valence-electron chi connectivity index (χ3n) is 4.65. The van der Waals surface area contributed by atoms with Crippen LogP contribution in [0.15, 0.2) is 53.0 Å². The van der Waals surface area contributed by atoms with E-state index in [1.54, 1.807) is 29.7 Å². The molecular formula is C23H28BrClN2O2S. The van der Waals surface area contributed by atoms with Crippen molar-refractivity contribution < 1.29 is 9.59 Å². The van der Waals surface area contributed by atoms with Crippen molar-refractivity contribution in [3.05, 3.63) is 69.2 Å². The molecule has 0 fully saturated rings. The first-order chi connectivity index (χ1) is 14.4. The Kier molecular flexibility index (Phi) is 10.8. The van der Waals surface area contributed by atoms with E-state index in [1.807, 2.05) is 42.5 Å². The zero-order valence-corrected chi connectivity index (χ0v) is 20.5.